The molecule has 1 aliphatic heterocycles. The van der Waals surface area contributed by atoms with E-state index in [4.69, 9.17) is 9.15 Å². The summed E-state index contributed by atoms with van der Waals surface area (Å²) in [5.41, 5.74) is 1.24. The fourth-order valence-corrected chi connectivity index (χ4v) is 3.22. The second-order valence-corrected chi connectivity index (χ2v) is 6.39. The van der Waals surface area contributed by atoms with Gasteiger partial charge in [-0.25, -0.2) is 9.37 Å². The van der Waals surface area contributed by atoms with Crippen LogP contribution in [0.4, 0.5) is 4.39 Å². The van der Waals surface area contributed by atoms with Crippen molar-refractivity contribution < 1.29 is 13.5 Å². The maximum Gasteiger partial charge on any atom is 0.245 e. The van der Waals surface area contributed by atoms with Gasteiger partial charge in [0.05, 0.1) is 6.33 Å². The summed E-state index contributed by atoms with van der Waals surface area (Å²) in [5.74, 6) is 0.771. The topological polar surface area (TPSA) is 66.0 Å². The number of allylic oxidation sites excluding steroid dienone is 1. The summed E-state index contributed by atoms with van der Waals surface area (Å²) in [6.45, 7) is 3.26. The Morgan fingerprint density at radius 2 is 2.23 bits per heavy atom. The van der Waals surface area contributed by atoms with E-state index in [1.807, 2.05) is 17.7 Å². The van der Waals surface area contributed by atoms with E-state index in [2.05, 4.69) is 15.2 Å². The van der Waals surface area contributed by atoms with Gasteiger partial charge < -0.3 is 13.7 Å². The first-order chi connectivity index (χ1) is 12.7. The molecule has 0 spiro atoms. The molecule has 0 unspecified atom stereocenters. The first-order valence-corrected chi connectivity index (χ1v) is 8.54. The van der Waals surface area contributed by atoms with Gasteiger partial charge >= 0.3 is 0 Å². The predicted octanol–water partition coefficient (Wildman–Crippen LogP) is 3.74. The smallest absolute Gasteiger partial charge is 0.245 e. The molecule has 0 amide bonds. The van der Waals surface area contributed by atoms with Gasteiger partial charge in [-0.2, -0.15) is 0 Å². The minimum absolute atomic E-state index is 0.235. The van der Waals surface area contributed by atoms with Crippen LogP contribution in [0, 0.1) is 11.7 Å². The van der Waals surface area contributed by atoms with E-state index in [0.29, 0.717) is 24.0 Å². The lowest BCUT2D eigenvalue weighted by atomic mass is 10.0. The zero-order valence-corrected chi connectivity index (χ0v) is 14.4. The van der Waals surface area contributed by atoms with Crippen molar-refractivity contribution in [2.45, 2.75) is 26.0 Å². The lowest BCUT2D eigenvalue weighted by Crippen LogP contribution is -2.14. The van der Waals surface area contributed by atoms with E-state index in [1.54, 1.807) is 36.8 Å². The Morgan fingerprint density at radius 1 is 1.35 bits per heavy atom. The Hall–Kier alpha value is -2.80. The molecule has 0 radical (unpaired) electrons. The van der Waals surface area contributed by atoms with E-state index < -0.39 is 0 Å². The van der Waals surface area contributed by atoms with Crippen LogP contribution in [0.15, 0.2) is 47.4 Å². The maximum absolute atomic E-state index is 13.9. The van der Waals surface area contributed by atoms with Crippen LogP contribution in [0.5, 0.6) is 0 Å². The number of benzene rings is 1. The molecule has 6 nitrogen and oxygen atoms in total. The third-order valence-electron chi connectivity index (χ3n) is 4.56. The van der Waals surface area contributed by atoms with Gasteiger partial charge in [-0.1, -0.05) is 18.2 Å². The van der Waals surface area contributed by atoms with Gasteiger partial charge in [0.25, 0.3) is 0 Å². The Kier molecular flexibility index (Phi) is 4.62. The number of aromatic nitrogens is 4. The summed E-state index contributed by atoms with van der Waals surface area (Å²) in [4.78, 5) is 4.07. The van der Waals surface area contributed by atoms with E-state index in [1.165, 1.54) is 6.07 Å². The molecule has 134 valence electrons. The third kappa shape index (κ3) is 3.43. The molecular formula is C19H19FN4O2. The molecule has 2 atom stereocenters. The molecule has 3 aromatic rings. The number of ether oxygens (including phenoxy) is 1. The fourth-order valence-electron chi connectivity index (χ4n) is 3.22. The molecule has 3 heterocycles. The Bertz CT molecular complexity index is 904. The number of hydrogen-bond acceptors (Lipinski definition) is 5. The lowest BCUT2D eigenvalue weighted by molar-refractivity contribution is 0.0635. The number of hydrogen-bond donors (Lipinski definition) is 0. The largest absolute Gasteiger partial charge is 0.418 e. The van der Waals surface area contributed by atoms with E-state index >= 15 is 0 Å². The van der Waals surface area contributed by atoms with Gasteiger partial charge in [0.15, 0.2) is 0 Å². The molecule has 26 heavy (non-hydrogen) atoms. The molecule has 1 aromatic carbocycles. The number of imidazole rings is 1. The van der Waals surface area contributed by atoms with Crippen LogP contribution in [0.3, 0.4) is 0 Å². The minimum atomic E-state index is -0.277. The molecule has 0 saturated carbocycles. The van der Waals surface area contributed by atoms with Crippen molar-refractivity contribution >= 4 is 11.6 Å². The van der Waals surface area contributed by atoms with Crippen molar-refractivity contribution in [3.05, 3.63) is 66.1 Å². The second-order valence-electron chi connectivity index (χ2n) is 6.39. The zero-order valence-electron chi connectivity index (χ0n) is 14.4. The SMILES string of the molecule is C/C(=C\c1nnc([C@H]2OCC[C@H]2Cn2ccnc2)o1)c1ccccc1F. The highest BCUT2D eigenvalue weighted by Crippen LogP contribution is 2.35. The van der Waals surface area contributed by atoms with Crippen LogP contribution in [0.2, 0.25) is 0 Å². The van der Waals surface area contributed by atoms with Crippen molar-refractivity contribution in [1.29, 1.82) is 0 Å². The molecule has 0 bridgehead atoms. The van der Waals surface area contributed by atoms with Gasteiger partial charge in [-0.05, 0) is 25.0 Å². The summed E-state index contributed by atoms with van der Waals surface area (Å²) in [6, 6.07) is 6.61. The van der Waals surface area contributed by atoms with Crippen LogP contribution < -0.4 is 0 Å². The van der Waals surface area contributed by atoms with E-state index in [0.717, 1.165) is 18.5 Å². The quantitative estimate of drug-likeness (QED) is 0.698. The second kappa shape index (κ2) is 7.21. The molecule has 7 heteroatoms. The van der Waals surface area contributed by atoms with Crippen molar-refractivity contribution in [2.24, 2.45) is 5.92 Å². The van der Waals surface area contributed by atoms with Gasteiger partial charge in [0.2, 0.25) is 11.8 Å². The fraction of sp³-hybridized carbons (Fsp3) is 0.316. The van der Waals surface area contributed by atoms with Crippen molar-refractivity contribution in [3.8, 4) is 0 Å². The van der Waals surface area contributed by atoms with Crippen LogP contribution in [-0.4, -0.2) is 26.4 Å². The van der Waals surface area contributed by atoms with E-state index in [-0.39, 0.29) is 17.8 Å². The first kappa shape index (κ1) is 16.7. The molecule has 1 saturated heterocycles. The van der Waals surface area contributed by atoms with Crippen molar-refractivity contribution in [2.75, 3.05) is 6.61 Å². The average Bonchev–Trinajstić information content (AvgIpc) is 3.37. The van der Waals surface area contributed by atoms with Crippen LogP contribution in [0.1, 0.15) is 36.8 Å². The Morgan fingerprint density at radius 3 is 3.04 bits per heavy atom. The first-order valence-electron chi connectivity index (χ1n) is 8.54. The standard InChI is InChI=1S/C19H19FN4O2/c1-13(15-4-2-3-5-16(15)20)10-17-22-23-19(26-17)18-14(6-9-25-18)11-24-8-7-21-12-24/h2-5,7-8,10,12,14,18H,6,9,11H2,1H3/b13-10+/t14-,18-/m0/s1. The minimum Gasteiger partial charge on any atom is -0.418 e. The predicted molar refractivity (Wildman–Crippen MR) is 93.3 cm³/mol. The highest BCUT2D eigenvalue weighted by molar-refractivity contribution is 5.78. The van der Waals surface area contributed by atoms with Crippen molar-refractivity contribution in [1.82, 2.24) is 19.7 Å². The molecule has 4 rings (SSSR count). The molecule has 1 aliphatic rings. The molecule has 1 fully saturated rings. The summed E-state index contributed by atoms with van der Waals surface area (Å²) in [5, 5.41) is 8.21. The van der Waals surface area contributed by atoms with Crippen LogP contribution in [-0.2, 0) is 11.3 Å². The number of halogens is 1. The summed E-state index contributed by atoms with van der Waals surface area (Å²) in [7, 11) is 0. The number of nitrogens with zero attached hydrogens (tertiary/aromatic N) is 4. The van der Waals surface area contributed by atoms with Gasteiger partial charge in [-0.15, -0.1) is 10.2 Å². The lowest BCUT2D eigenvalue weighted by Gasteiger charge is -2.15. The monoisotopic (exact) mass is 354 g/mol. The molecule has 2 aromatic heterocycles. The third-order valence-corrected chi connectivity index (χ3v) is 4.56. The van der Waals surface area contributed by atoms with E-state index in [9.17, 15) is 4.39 Å². The van der Waals surface area contributed by atoms with Gasteiger partial charge in [0, 0.05) is 43.1 Å². The van der Waals surface area contributed by atoms with Crippen molar-refractivity contribution in [3.63, 3.8) is 0 Å². The Labute approximate surface area is 150 Å². The number of rotatable bonds is 5. The van der Waals surface area contributed by atoms with Gasteiger partial charge in [-0.3, -0.25) is 0 Å². The summed E-state index contributed by atoms with van der Waals surface area (Å²) in [6.07, 6.45) is 7.84. The average molecular weight is 354 g/mol. The van der Waals surface area contributed by atoms with Crippen LogP contribution in [0.25, 0.3) is 11.6 Å². The Balaban J connectivity index is 1.52. The highest BCUT2D eigenvalue weighted by Gasteiger charge is 2.34. The molecule has 0 aliphatic carbocycles. The molecular weight excluding hydrogens is 335 g/mol. The van der Waals surface area contributed by atoms with Gasteiger partial charge in [0.1, 0.15) is 11.9 Å². The molecule has 0 N–H and O–H groups in total. The highest BCUT2D eigenvalue weighted by atomic mass is 19.1. The zero-order chi connectivity index (χ0) is 17.9. The summed E-state index contributed by atoms with van der Waals surface area (Å²) < 4.78 is 27.5. The van der Waals surface area contributed by atoms with Crippen LogP contribution >= 0.6 is 0 Å². The maximum atomic E-state index is 13.9. The summed E-state index contributed by atoms with van der Waals surface area (Å²) >= 11 is 0. The normalized spacial score (nSPS) is 20.6.